The normalized spacial score (nSPS) is 10.1. The number of aromatic nitrogens is 3. The Balaban J connectivity index is 0. The van der Waals surface area contributed by atoms with Crippen molar-refractivity contribution in [1.29, 1.82) is 0 Å². The Morgan fingerprint density at radius 2 is 1.24 bits per heavy atom. The van der Waals surface area contributed by atoms with Crippen molar-refractivity contribution in [3.8, 4) is 0 Å². The van der Waals surface area contributed by atoms with Gasteiger partial charge in [-0.25, -0.2) is 15.0 Å². The number of hydrogen-bond acceptors (Lipinski definition) is 5. The van der Waals surface area contributed by atoms with Crippen LogP contribution in [0.4, 0.5) is 0 Å². The Hall–Kier alpha value is -1.15. The molecule has 11 heteroatoms. The van der Waals surface area contributed by atoms with E-state index < -0.39 is 6.10 Å². The third-order valence-corrected chi connectivity index (χ3v) is 5.19. The molecule has 0 saturated carbocycles. The standard InChI is InChI=1S/C7H7Cl2NO.C7H7Cl2N.C7H5Cl2N.CH4O.CH4/c1-4(11)5-2-3-6(8)10-7(5)9;2*1-2-5-3-4-6(8)10-7(5)9;1-2;/h2-4,11H,1H3;3-4H,2H2,1H3;2-4H,1H2;2H,1H3;1H4. The molecule has 0 spiro atoms. The smallest absolute Gasteiger partial charge is 0.138 e. The number of pyridine rings is 3. The van der Waals surface area contributed by atoms with Gasteiger partial charge in [-0.05, 0) is 43.2 Å². The monoisotopic (exact) mass is 587 g/mol. The molecule has 5 nitrogen and oxygen atoms in total. The summed E-state index contributed by atoms with van der Waals surface area (Å²) >= 11 is 33.7. The molecule has 0 aromatic carbocycles. The molecule has 3 aromatic rings. The van der Waals surface area contributed by atoms with Crippen molar-refractivity contribution in [2.75, 3.05) is 7.11 Å². The third-order valence-electron chi connectivity index (χ3n) is 3.63. The van der Waals surface area contributed by atoms with Gasteiger partial charge < -0.3 is 10.2 Å². The van der Waals surface area contributed by atoms with Crippen LogP contribution >= 0.6 is 69.6 Å². The van der Waals surface area contributed by atoms with Crippen molar-refractivity contribution in [3.05, 3.63) is 90.6 Å². The van der Waals surface area contributed by atoms with Crippen molar-refractivity contribution in [3.63, 3.8) is 0 Å². The van der Waals surface area contributed by atoms with Crippen LogP contribution in [0.2, 0.25) is 30.9 Å². The minimum Gasteiger partial charge on any atom is -0.400 e. The number of rotatable bonds is 3. The lowest BCUT2D eigenvalue weighted by molar-refractivity contribution is 0.199. The summed E-state index contributed by atoms with van der Waals surface area (Å²) in [5, 5.41) is 18.5. The van der Waals surface area contributed by atoms with Gasteiger partial charge in [0.25, 0.3) is 0 Å². The molecule has 0 aliphatic heterocycles. The second-order valence-electron chi connectivity index (χ2n) is 5.85. The quantitative estimate of drug-likeness (QED) is 0.299. The Morgan fingerprint density at radius 1 is 0.794 bits per heavy atom. The zero-order valence-corrected chi connectivity index (χ0v) is 22.6. The van der Waals surface area contributed by atoms with Crippen molar-refractivity contribution < 1.29 is 10.2 Å². The van der Waals surface area contributed by atoms with Gasteiger partial charge >= 0.3 is 0 Å². The van der Waals surface area contributed by atoms with Gasteiger partial charge in [0.15, 0.2) is 0 Å². The van der Waals surface area contributed by atoms with Gasteiger partial charge in [-0.1, -0.05) is 109 Å². The molecule has 3 heterocycles. The molecule has 0 radical (unpaired) electrons. The van der Waals surface area contributed by atoms with E-state index >= 15 is 0 Å². The van der Waals surface area contributed by atoms with Crippen LogP contribution in [0.1, 0.15) is 44.1 Å². The first kappa shape index (κ1) is 35.0. The van der Waals surface area contributed by atoms with E-state index in [0.29, 0.717) is 31.3 Å². The van der Waals surface area contributed by atoms with Gasteiger partial charge in [0.2, 0.25) is 0 Å². The molecule has 0 amide bonds. The highest BCUT2D eigenvalue weighted by Crippen LogP contribution is 2.22. The third kappa shape index (κ3) is 13.1. The fraction of sp³-hybridized carbons (Fsp3) is 0.261. The summed E-state index contributed by atoms with van der Waals surface area (Å²) in [6, 6.07) is 10.3. The van der Waals surface area contributed by atoms with Crippen molar-refractivity contribution in [1.82, 2.24) is 15.0 Å². The first-order valence-electron chi connectivity index (χ1n) is 9.29. The number of aliphatic hydroxyl groups excluding tert-OH is 2. The van der Waals surface area contributed by atoms with Gasteiger partial charge in [-0.2, -0.15) is 0 Å². The van der Waals surface area contributed by atoms with Crippen LogP contribution in [0.3, 0.4) is 0 Å². The summed E-state index contributed by atoms with van der Waals surface area (Å²) in [5.74, 6) is 0. The highest BCUT2D eigenvalue weighted by Gasteiger charge is 2.07. The van der Waals surface area contributed by atoms with E-state index in [1.165, 1.54) is 0 Å². The van der Waals surface area contributed by atoms with Crippen molar-refractivity contribution in [2.24, 2.45) is 0 Å². The molecule has 0 aliphatic carbocycles. The maximum Gasteiger partial charge on any atom is 0.138 e. The Kier molecular flexibility index (Phi) is 19.7. The van der Waals surface area contributed by atoms with Crippen LogP contribution in [-0.2, 0) is 6.42 Å². The van der Waals surface area contributed by atoms with E-state index in [2.05, 4.69) is 21.5 Å². The summed E-state index contributed by atoms with van der Waals surface area (Å²) in [6.45, 7) is 7.20. The maximum atomic E-state index is 9.13. The average Bonchev–Trinajstić information content (AvgIpc) is 2.76. The summed E-state index contributed by atoms with van der Waals surface area (Å²) < 4.78 is 0. The maximum absolute atomic E-state index is 9.13. The van der Waals surface area contributed by atoms with Crippen LogP contribution in [0.15, 0.2) is 43.0 Å². The first-order valence-corrected chi connectivity index (χ1v) is 11.6. The van der Waals surface area contributed by atoms with Crippen LogP contribution < -0.4 is 0 Å². The molecule has 1 atom stereocenters. The van der Waals surface area contributed by atoms with E-state index in [0.717, 1.165) is 24.7 Å². The fourth-order valence-corrected chi connectivity index (χ4v) is 3.42. The molecule has 0 fully saturated rings. The van der Waals surface area contributed by atoms with Crippen LogP contribution in [0, 0.1) is 0 Å². The SMILES string of the molecule is C.C=Cc1ccc(Cl)nc1Cl.CC(O)c1ccc(Cl)nc1Cl.CCc1ccc(Cl)nc1Cl.CO. The molecule has 188 valence electrons. The zero-order chi connectivity index (χ0) is 25.6. The van der Waals surface area contributed by atoms with E-state index in [9.17, 15) is 0 Å². The summed E-state index contributed by atoms with van der Waals surface area (Å²) in [7, 11) is 1.00. The van der Waals surface area contributed by atoms with Gasteiger partial charge in [0.1, 0.15) is 30.9 Å². The molecular formula is C23H27Cl6N3O2. The summed E-state index contributed by atoms with van der Waals surface area (Å²) in [6.07, 6.45) is 1.92. The van der Waals surface area contributed by atoms with Gasteiger partial charge in [0.05, 0.1) is 6.10 Å². The van der Waals surface area contributed by atoms with Gasteiger partial charge in [-0.15, -0.1) is 0 Å². The minimum atomic E-state index is -0.604. The largest absolute Gasteiger partial charge is 0.400 e. The molecule has 2 N–H and O–H groups in total. The minimum absolute atomic E-state index is 0. The van der Waals surface area contributed by atoms with Crippen LogP contribution in [0.25, 0.3) is 6.08 Å². The van der Waals surface area contributed by atoms with Gasteiger partial charge in [-0.3, -0.25) is 0 Å². The molecule has 1 unspecified atom stereocenters. The lowest BCUT2D eigenvalue weighted by Gasteiger charge is -2.05. The lowest BCUT2D eigenvalue weighted by atomic mass is 10.2. The number of halogens is 6. The summed E-state index contributed by atoms with van der Waals surface area (Å²) in [5.41, 5.74) is 2.42. The molecule has 0 saturated heterocycles. The van der Waals surface area contributed by atoms with E-state index in [-0.39, 0.29) is 12.6 Å². The molecule has 0 bridgehead atoms. The van der Waals surface area contributed by atoms with E-state index in [1.54, 1.807) is 43.3 Å². The van der Waals surface area contributed by atoms with Crippen molar-refractivity contribution in [2.45, 2.75) is 33.8 Å². The van der Waals surface area contributed by atoms with E-state index in [4.69, 9.17) is 79.8 Å². The Morgan fingerprint density at radius 3 is 1.62 bits per heavy atom. The first-order chi connectivity index (χ1) is 15.6. The second kappa shape index (κ2) is 19.1. The Bertz CT molecular complexity index is 1020. The second-order valence-corrected chi connectivity index (χ2v) is 8.08. The Labute approximate surface area is 231 Å². The van der Waals surface area contributed by atoms with Crippen LogP contribution in [0.5, 0.6) is 0 Å². The predicted molar refractivity (Wildman–Crippen MR) is 148 cm³/mol. The summed E-state index contributed by atoms with van der Waals surface area (Å²) in [4.78, 5) is 11.4. The predicted octanol–water partition coefficient (Wildman–Crippen LogP) is 8.67. The van der Waals surface area contributed by atoms with Gasteiger partial charge in [0, 0.05) is 18.2 Å². The molecule has 3 aromatic heterocycles. The number of nitrogens with zero attached hydrogens (tertiary/aromatic N) is 3. The molecule has 34 heavy (non-hydrogen) atoms. The highest BCUT2D eigenvalue weighted by molar-refractivity contribution is 6.34. The average molecular weight is 590 g/mol. The zero-order valence-electron chi connectivity index (χ0n) is 18.0. The highest BCUT2D eigenvalue weighted by atomic mass is 35.5. The van der Waals surface area contributed by atoms with Crippen LogP contribution in [-0.4, -0.2) is 32.3 Å². The molecule has 3 rings (SSSR count). The number of aryl methyl sites for hydroxylation is 1. The van der Waals surface area contributed by atoms with Crippen molar-refractivity contribution >= 4 is 75.7 Å². The fourth-order valence-electron chi connectivity index (χ4n) is 2.01. The van der Waals surface area contributed by atoms with E-state index in [1.807, 2.05) is 13.0 Å². The molecule has 0 aliphatic rings. The topological polar surface area (TPSA) is 79.1 Å². The lowest BCUT2D eigenvalue weighted by Crippen LogP contribution is -1.93. The number of hydrogen-bond donors (Lipinski definition) is 2. The number of aliphatic hydroxyl groups is 2. The molecular weight excluding hydrogens is 563 g/mol.